The van der Waals surface area contributed by atoms with E-state index in [4.69, 9.17) is 10.5 Å². The molecule has 0 radical (unpaired) electrons. The number of nitrogens with zero attached hydrogens (tertiary/aromatic N) is 1. The Morgan fingerprint density at radius 3 is 2.64 bits per heavy atom. The predicted molar refractivity (Wildman–Crippen MR) is 99.6 cm³/mol. The van der Waals surface area contributed by atoms with E-state index in [0.29, 0.717) is 6.54 Å². The number of carbonyl (C=O) groups is 1. The number of carbonyl (C=O) groups excluding carboxylic acids is 1. The van der Waals surface area contributed by atoms with Gasteiger partial charge < -0.3 is 15.8 Å². The largest absolute Gasteiger partial charge is 0.497 e. The average Bonchev–Trinajstić information content (AvgIpc) is 3.17. The zero-order valence-corrected chi connectivity index (χ0v) is 15.3. The first-order valence-corrected chi connectivity index (χ1v) is 9.57. The van der Waals surface area contributed by atoms with Crippen LogP contribution in [-0.4, -0.2) is 43.1 Å². The van der Waals surface area contributed by atoms with Gasteiger partial charge in [-0.15, -0.1) is 0 Å². The third kappa shape index (κ3) is 4.33. The molecule has 1 saturated heterocycles. The van der Waals surface area contributed by atoms with Gasteiger partial charge in [-0.25, -0.2) is 0 Å². The Bertz CT molecular complexity index is 578. The molecule has 0 spiro atoms. The summed E-state index contributed by atoms with van der Waals surface area (Å²) in [6.45, 7) is 2.75. The van der Waals surface area contributed by atoms with Crippen LogP contribution in [0.5, 0.6) is 5.75 Å². The average molecular weight is 345 g/mol. The van der Waals surface area contributed by atoms with Crippen molar-refractivity contribution in [2.75, 3.05) is 26.7 Å². The van der Waals surface area contributed by atoms with Gasteiger partial charge in [0.2, 0.25) is 5.91 Å². The highest BCUT2D eigenvalue weighted by molar-refractivity contribution is 5.86. The number of hydrogen-bond donors (Lipinski definition) is 2. The van der Waals surface area contributed by atoms with Crippen LogP contribution in [0, 0.1) is 0 Å². The van der Waals surface area contributed by atoms with Gasteiger partial charge in [0.05, 0.1) is 18.7 Å². The molecule has 2 aliphatic rings. The number of rotatable bonds is 6. The quantitative estimate of drug-likeness (QED) is 0.832. The third-order valence-corrected chi connectivity index (χ3v) is 5.71. The number of ether oxygens (including phenoxy) is 1. The minimum atomic E-state index is -0.678. The fourth-order valence-electron chi connectivity index (χ4n) is 4.13. The second-order valence-corrected chi connectivity index (χ2v) is 7.46. The molecule has 1 amide bonds. The zero-order valence-electron chi connectivity index (χ0n) is 15.3. The first-order chi connectivity index (χ1) is 12.1. The number of methoxy groups -OCH3 is 1. The van der Waals surface area contributed by atoms with Gasteiger partial charge in [-0.05, 0) is 56.5 Å². The van der Waals surface area contributed by atoms with Crippen molar-refractivity contribution in [2.45, 2.75) is 56.5 Å². The van der Waals surface area contributed by atoms with Gasteiger partial charge in [-0.2, -0.15) is 0 Å². The highest BCUT2D eigenvalue weighted by atomic mass is 16.5. The van der Waals surface area contributed by atoms with E-state index in [-0.39, 0.29) is 11.9 Å². The minimum Gasteiger partial charge on any atom is -0.497 e. The van der Waals surface area contributed by atoms with Crippen molar-refractivity contribution in [1.82, 2.24) is 10.2 Å². The summed E-state index contributed by atoms with van der Waals surface area (Å²) in [7, 11) is 1.69. The lowest BCUT2D eigenvalue weighted by atomic mass is 9.82. The molecule has 5 heteroatoms. The maximum absolute atomic E-state index is 12.7. The molecular formula is C20H31N3O2. The summed E-state index contributed by atoms with van der Waals surface area (Å²) >= 11 is 0. The number of hydrogen-bond acceptors (Lipinski definition) is 4. The summed E-state index contributed by atoms with van der Waals surface area (Å²) in [6.07, 6.45) is 7.32. The molecule has 1 heterocycles. The monoisotopic (exact) mass is 345 g/mol. The molecule has 1 saturated carbocycles. The van der Waals surface area contributed by atoms with Gasteiger partial charge in [-0.3, -0.25) is 9.69 Å². The van der Waals surface area contributed by atoms with Crippen molar-refractivity contribution in [1.29, 1.82) is 0 Å². The lowest BCUT2D eigenvalue weighted by molar-refractivity contribution is -0.127. The third-order valence-electron chi connectivity index (χ3n) is 5.71. The van der Waals surface area contributed by atoms with Crippen molar-refractivity contribution in [3.8, 4) is 5.75 Å². The van der Waals surface area contributed by atoms with Crippen LogP contribution < -0.4 is 15.8 Å². The topological polar surface area (TPSA) is 67.6 Å². The molecule has 1 aliphatic heterocycles. The standard InChI is InChI=1S/C20H31N3O2/c1-25-17-9-7-8-16(14-17)18(23-12-5-6-13-23)15-22-19(24)20(21)10-3-2-4-11-20/h7-9,14,18H,2-6,10-13,15,21H2,1H3,(H,22,24). The van der Waals surface area contributed by atoms with Gasteiger partial charge in [0.1, 0.15) is 5.75 Å². The molecule has 1 atom stereocenters. The van der Waals surface area contributed by atoms with Crippen molar-refractivity contribution in [3.05, 3.63) is 29.8 Å². The first kappa shape index (κ1) is 18.2. The van der Waals surface area contributed by atoms with Crippen LogP contribution in [0.3, 0.4) is 0 Å². The van der Waals surface area contributed by atoms with Gasteiger partial charge in [0, 0.05) is 6.54 Å². The fourth-order valence-corrected chi connectivity index (χ4v) is 4.13. The van der Waals surface area contributed by atoms with Gasteiger partial charge in [-0.1, -0.05) is 31.4 Å². The number of likely N-dealkylation sites (tertiary alicyclic amines) is 1. The summed E-state index contributed by atoms with van der Waals surface area (Å²) in [6, 6.07) is 8.35. The van der Waals surface area contributed by atoms with Crippen LogP contribution in [0.15, 0.2) is 24.3 Å². The van der Waals surface area contributed by atoms with Crippen molar-refractivity contribution >= 4 is 5.91 Å². The second kappa shape index (κ2) is 8.19. The van der Waals surface area contributed by atoms with Crippen molar-refractivity contribution in [3.63, 3.8) is 0 Å². The minimum absolute atomic E-state index is 0.0132. The highest BCUT2D eigenvalue weighted by Gasteiger charge is 2.36. The van der Waals surface area contributed by atoms with Crippen LogP contribution in [-0.2, 0) is 4.79 Å². The predicted octanol–water partition coefficient (Wildman–Crippen LogP) is 2.61. The number of nitrogens with two attached hydrogens (primary N) is 1. The first-order valence-electron chi connectivity index (χ1n) is 9.57. The highest BCUT2D eigenvalue weighted by Crippen LogP contribution is 2.29. The molecular weight excluding hydrogens is 314 g/mol. The summed E-state index contributed by atoms with van der Waals surface area (Å²) in [5.41, 5.74) is 6.89. The molecule has 1 unspecified atom stereocenters. The molecule has 1 aliphatic carbocycles. The molecule has 0 bridgehead atoms. The molecule has 138 valence electrons. The molecule has 3 N–H and O–H groups in total. The van der Waals surface area contributed by atoms with Crippen molar-refractivity contribution in [2.24, 2.45) is 5.73 Å². The Morgan fingerprint density at radius 2 is 1.96 bits per heavy atom. The van der Waals surface area contributed by atoms with Crippen LogP contribution >= 0.6 is 0 Å². The lowest BCUT2D eigenvalue weighted by Crippen LogP contribution is -2.56. The van der Waals surface area contributed by atoms with E-state index >= 15 is 0 Å². The lowest BCUT2D eigenvalue weighted by Gasteiger charge is -2.34. The van der Waals surface area contributed by atoms with Crippen LogP contribution in [0.4, 0.5) is 0 Å². The SMILES string of the molecule is COc1cccc(C(CNC(=O)C2(N)CCCCC2)N2CCCC2)c1. The van der Waals surface area contributed by atoms with Crippen LogP contribution in [0.2, 0.25) is 0 Å². The fraction of sp³-hybridized carbons (Fsp3) is 0.650. The number of benzene rings is 1. The Kier molecular flexibility index (Phi) is 5.97. The van der Waals surface area contributed by atoms with Gasteiger partial charge >= 0.3 is 0 Å². The number of nitrogens with one attached hydrogen (secondary N) is 1. The molecule has 5 nitrogen and oxygen atoms in total. The van der Waals surface area contributed by atoms with Gasteiger partial charge in [0.25, 0.3) is 0 Å². The molecule has 0 aromatic heterocycles. The molecule has 1 aromatic carbocycles. The van der Waals surface area contributed by atoms with E-state index < -0.39 is 5.54 Å². The van der Waals surface area contributed by atoms with Gasteiger partial charge in [0.15, 0.2) is 0 Å². The summed E-state index contributed by atoms with van der Waals surface area (Å²) < 4.78 is 5.38. The van der Waals surface area contributed by atoms with Crippen molar-refractivity contribution < 1.29 is 9.53 Å². The van der Waals surface area contributed by atoms with E-state index in [1.165, 1.54) is 24.8 Å². The van der Waals surface area contributed by atoms with E-state index in [1.807, 2.05) is 12.1 Å². The zero-order chi connectivity index (χ0) is 17.7. The Hall–Kier alpha value is -1.59. The molecule has 25 heavy (non-hydrogen) atoms. The van der Waals surface area contributed by atoms with Crippen LogP contribution in [0.25, 0.3) is 0 Å². The Morgan fingerprint density at radius 1 is 1.24 bits per heavy atom. The Balaban J connectivity index is 1.70. The number of amides is 1. The Labute approximate surface area is 150 Å². The molecule has 1 aromatic rings. The summed E-state index contributed by atoms with van der Waals surface area (Å²) in [5, 5.41) is 3.16. The maximum atomic E-state index is 12.7. The smallest absolute Gasteiger partial charge is 0.240 e. The molecule has 3 rings (SSSR count). The maximum Gasteiger partial charge on any atom is 0.240 e. The van der Waals surface area contributed by atoms with Crippen LogP contribution in [0.1, 0.15) is 56.6 Å². The second-order valence-electron chi connectivity index (χ2n) is 7.46. The normalized spacial score (nSPS) is 21.7. The van der Waals surface area contributed by atoms with E-state index in [0.717, 1.165) is 44.5 Å². The summed E-state index contributed by atoms with van der Waals surface area (Å²) in [5.74, 6) is 0.870. The molecule has 2 fully saturated rings. The van der Waals surface area contributed by atoms with E-state index in [9.17, 15) is 4.79 Å². The van der Waals surface area contributed by atoms with E-state index in [1.54, 1.807) is 7.11 Å². The summed E-state index contributed by atoms with van der Waals surface area (Å²) in [4.78, 5) is 15.2. The van der Waals surface area contributed by atoms with E-state index in [2.05, 4.69) is 22.3 Å².